The zero-order valence-electron chi connectivity index (χ0n) is 14.1. The average molecular weight is 329 g/mol. The van der Waals surface area contributed by atoms with Gasteiger partial charge in [-0.2, -0.15) is 5.10 Å². The van der Waals surface area contributed by atoms with Gasteiger partial charge in [-0.1, -0.05) is 30.3 Å². The number of benzene rings is 1. The van der Waals surface area contributed by atoms with Crippen LogP contribution >= 0.6 is 0 Å². The number of morpholine rings is 1. The fourth-order valence-electron chi connectivity index (χ4n) is 2.94. The van der Waals surface area contributed by atoms with E-state index in [1.807, 2.05) is 48.9 Å². The predicted molar refractivity (Wildman–Crippen MR) is 89.8 cm³/mol. The molecule has 128 valence electrons. The predicted octanol–water partition coefficient (Wildman–Crippen LogP) is 1.46. The van der Waals surface area contributed by atoms with Crippen molar-refractivity contribution in [3.8, 4) is 0 Å². The van der Waals surface area contributed by atoms with Crippen LogP contribution in [0.25, 0.3) is 0 Å². The molecule has 0 spiro atoms. The minimum Gasteiger partial charge on any atom is -0.394 e. The van der Waals surface area contributed by atoms with E-state index in [0.29, 0.717) is 25.3 Å². The number of carbonyl (C=O) groups is 1. The number of ether oxygens (including phenoxy) is 1. The van der Waals surface area contributed by atoms with Crippen LogP contribution in [0.15, 0.2) is 36.5 Å². The Bertz CT molecular complexity index is 699. The van der Waals surface area contributed by atoms with Gasteiger partial charge >= 0.3 is 0 Å². The molecule has 1 fully saturated rings. The zero-order valence-corrected chi connectivity index (χ0v) is 14.1. The molecule has 1 aromatic heterocycles. The van der Waals surface area contributed by atoms with Crippen molar-refractivity contribution in [3.63, 3.8) is 0 Å². The Morgan fingerprint density at radius 1 is 1.38 bits per heavy atom. The first kappa shape index (κ1) is 16.7. The highest BCUT2D eigenvalue weighted by molar-refractivity contribution is 5.95. The molecule has 1 N–H and O–H groups in total. The highest BCUT2D eigenvalue weighted by Gasteiger charge is 2.31. The van der Waals surface area contributed by atoms with Gasteiger partial charge in [0.15, 0.2) is 0 Å². The lowest BCUT2D eigenvalue weighted by Gasteiger charge is -2.37. The summed E-state index contributed by atoms with van der Waals surface area (Å²) in [7, 11) is 0. The molecule has 0 aliphatic carbocycles. The van der Waals surface area contributed by atoms with E-state index in [1.54, 1.807) is 11.1 Å². The number of hydrogen-bond acceptors (Lipinski definition) is 4. The van der Waals surface area contributed by atoms with E-state index in [0.717, 1.165) is 11.3 Å². The van der Waals surface area contributed by atoms with Gasteiger partial charge < -0.3 is 14.7 Å². The highest BCUT2D eigenvalue weighted by atomic mass is 16.5. The Labute approximate surface area is 141 Å². The van der Waals surface area contributed by atoms with Crippen LogP contribution in [-0.4, -0.2) is 57.6 Å². The quantitative estimate of drug-likeness (QED) is 0.922. The minimum absolute atomic E-state index is 0.0165. The summed E-state index contributed by atoms with van der Waals surface area (Å²) in [6.45, 7) is 5.27. The molecule has 0 radical (unpaired) electrons. The Balaban J connectivity index is 1.78. The van der Waals surface area contributed by atoms with Gasteiger partial charge in [-0.25, -0.2) is 0 Å². The third kappa shape index (κ3) is 3.34. The van der Waals surface area contributed by atoms with Crippen LogP contribution in [0.3, 0.4) is 0 Å². The normalized spacial score (nSPS) is 21.0. The largest absolute Gasteiger partial charge is 0.394 e. The molecule has 2 atom stereocenters. The summed E-state index contributed by atoms with van der Waals surface area (Å²) < 4.78 is 7.35. The molecule has 1 aliphatic heterocycles. The van der Waals surface area contributed by atoms with Crippen molar-refractivity contribution in [2.45, 2.75) is 32.5 Å². The van der Waals surface area contributed by atoms with Gasteiger partial charge in [-0.15, -0.1) is 0 Å². The smallest absolute Gasteiger partial charge is 0.257 e. The van der Waals surface area contributed by atoms with Crippen LogP contribution in [0.5, 0.6) is 0 Å². The van der Waals surface area contributed by atoms with E-state index in [9.17, 15) is 9.90 Å². The van der Waals surface area contributed by atoms with Crippen LogP contribution in [0, 0.1) is 6.92 Å². The second kappa shape index (κ2) is 7.15. The van der Waals surface area contributed by atoms with Crippen molar-refractivity contribution >= 4 is 5.91 Å². The third-order valence-electron chi connectivity index (χ3n) is 4.48. The summed E-state index contributed by atoms with van der Waals surface area (Å²) >= 11 is 0. The van der Waals surface area contributed by atoms with Crippen LogP contribution in [0.4, 0.5) is 0 Å². The van der Waals surface area contributed by atoms with Crippen molar-refractivity contribution in [3.05, 3.63) is 53.3 Å². The summed E-state index contributed by atoms with van der Waals surface area (Å²) in [6.07, 6.45) is 1.32. The lowest BCUT2D eigenvalue weighted by atomic mass is 10.1. The number of aliphatic hydroxyl groups is 1. The van der Waals surface area contributed by atoms with Gasteiger partial charge in [0.2, 0.25) is 0 Å². The van der Waals surface area contributed by atoms with Gasteiger partial charge in [0, 0.05) is 12.2 Å². The molecule has 1 aromatic carbocycles. The second-order valence-electron chi connectivity index (χ2n) is 6.23. The Hall–Kier alpha value is -2.18. The number of amides is 1. The van der Waals surface area contributed by atoms with Gasteiger partial charge in [-0.05, 0) is 19.4 Å². The Kier molecular flexibility index (Phi) is 4.97. The van der Waals surface area contributed by atoms with Crippen LogP contribution in [-0.2, 0) is 11.3 Å². The molecule has 1 saturated heterocycles. The molecule has 2 aromatic rings. The van der Waals surface area contributed by atoms with E-state index in [4.69, 9.17) is 4.74 Å². The Morgan fingerprint density at radius 3 is 2.83 bits per heavy atom. The van der Waals surface area contributed by atoms with Gasteiger partial charge in [0.25, 0.3) is 5.91 Å². The molecule has 6 nitrogen and oxygen atoms in total. The molecular weight excluding hydrogens is 306 g/mol. The first-order valence-electron chi connectivity index (χ1n) is 8.20. The summed E-state index contributed by atoms with van der Waals surface area (Å²) in [5, 5.41) is 13.7. The maximum Gasteiger partial charge on any atom is 0.257 e. The minimum atomic E-state index is -0.315. The average Bonchev–Trinajstić information content (AvgIpc) is 2.96. The summed E-state index contributed by atoms with van der Waals surface area (Å²) in [4.78, 5) is 14.7. The topological polar surface area (TPSA) is 67.6 Å². The molecule has 3 rings (SSSR count). The van der Waals surface area contributed by atoms with E-state index in [1.165, 1.54) is 0 Å². The van der Waals surface area contributed by atoms with E-state index in [-0.39, 0.29) is 24.7 Å². The summed E-state index contributed by atoms with van der Waals surface area (Å²) in [5.74, 6) is -0.0546. The third-order valence-corrected chi connectivity index (χ3v) is 4.48. The molecule has 0 bridgehead atoms. The van der Waals surface area contributed by atoms with Crippen LogP contribution in [0.1, 0.15) is 28.5 Å². The first-order valence-corrected chi connectivity index (χ1v) is 8.20. The number of aromatic nitrogens is 2. The van der Waals surface area contributed by atoms with Crippen molar-refractivity contribution in [2.24, 2.45) is 0 Å². The van der Waals surface area contributed by atoms with Crippen molar-refractivity contribution < 1.29 is 14.6 Å². The standard InChI is InChI=1S/C18H23N3O3/c1-13-12-24-16(11-22)10-20(13)18(23)17-8-19-21(14(17)2)9-15-6-4-3-5-7-15/h3-8,13,16,22H,9-12H2,1-2H3. The molecular formula is C18H23N3O3. The van der Waals surface area contributed by atoms with E-state index >= 15 is 0 Å². The molecule has 1 aliphatic rings. The number of hydrogen-bond donors (Lipinski definition) is 1. The Morgan fingerprint density at radius 2 is 2.12 bits per heavy atom. The fraction of sp³-hybridized carbons (Fsp3) is 0.444. The maximum absolute atomic E-state index is 12.9. The lowest BCUT2D eigenvalue weighted by molar-refractivity contribution is -0.0667. The van der Waals surface area contributed by atoms with Crippen molar-refractivity contribution in [1.82, 2.24) is 14.7 Å². The fourth-order valence-corrected chi connectivity index (χ4v) is 2.94. The number of carbonyl (C=O) groups excluding carboxylic acids is 1. The van der Waals surface area contributed by atoms with Gasteiger partial charge in [-0.3, -0.25) is 9.48 Å². The SMILES string of the molecule is Cc1c(C(=O)N2CC(CO)OCC2C)cnn1Cc1ccccc1. The molecule has 24 heavy (non-hydrogen) atoms. The summed E-state index contributed by atoms with van der Waals surface area (Å²) in [5.41, 5.74) is 2.60. The maximum atomic E-state index is 12.9. The van der Waals surface area contributed by atoms with E-state index in [2.05, 4.69) is 5.10 Å². The zero-order chi connectivity index (χ0) is 17.1. The van der Waals surface area contributed by atoms with E-state index < -0.39 is 0 Å². The molecule has 6 heteroatoms. The molecule has 2 unspecified atom stereocenters. The van der Waals surface area contributed by atoms with Crippen molar-refractivity contribution in [1.29, 1.82) is 0 Å². The summed E-state index contributed by atoms with van der Waals surface area (Å²) in [6, 6.07) is 10.0. The van der Waals surface area contributed by atoms with Crippen LogP contribution < -0.4 is 0 Å². The highest BCUT2D eigenvalue weighted by Crippen LogP contribution is 2.18. The number of rotatable bonds is 4. The molecule has 1 amide bonds. The second-order valence-corrected chi connectivity index (χ2v) is 6.23. The monoisotopic (exact) mass is 329 g/mol. The number of nitrogens with zero attached hydrogens (tertiary/aromatic N) is 3. The van der Waals surface area contributed by atoms with Crippen LogP contribution in [0.2, 0.25) is 0 Å². The number of aliphatic hydroxyl groups excluding tert-OH is 1. The molecule has 2 heterocycles. The first-order chi connectivity index (χ1) is 11.6. The van der Waals surface area contributed by atoms with Gasteiger partial charge in [0.1, 0.15) is 0 Å². The van der Waals surface area contributed by atoms with Gasteiger partial charge in [0.05, 0.1) is 43.7 Å². The van der Waals surface area contributed by atoms with Crippen molar-refractivity contribution in [2.75, 3.05) is 19.8 Å². The lowest BCUT2D eigenvalue weighted by Crippen LogP contribution is -2.52. The molecule has 0 saturated carbocycles.